The van der Waals surface area contributed by atoms with E-state index in [1.54, 1.807) is 0 Å². The summed E-state index contributed by atoms with van der Waals surface area (Å²) in [6, 6.07) is -1.18. The van der Waals surface area contributed by atoms with E-state index in [9.17, 15) is 25.5 Å². The van der Waals surface area contributed by atoms with Gasteiger partial charge < -0.3 is 55.7 Å². The van der Waals surface area contributed by atoms with Gasteiger partial charge in [-0.1, -0.05) is 0 Å². The Bertz CT molecular complexity index is 349. The zero-order chi connectivity index (χ0) is 17.3. The molecule has 11 heteroatoms. The van der Waals surface area contributed by atoms with Crippen LogP contribution < -0.4 is 5.73 Å². The van der Waals surface area contributed by atoms with E-state index in [1.165, 1.54) is 0 Å². The Balaban J connectivity index is 2.07. The summed E-state index contributed by atoms with van der Waals surface area (Å²) >= 11 is 0. The Labute approximate surface area is 131 Å². The zero-order valence-electron chi connectivity index (χ0n) is 12.1. The van der Waals surface area contributed by atoms with Gasteiger partial charge in [0.2, 0.25) is 0 Å². The van der Waals surface area contributed by atoms with Crippen LogP contribution in [0, 0.1) is 0 Å². The van der Waals surface area contributed by atoms with Gasteiger partial charge in [0, 0.05) is 0 Å². The number of ether oxygens (including phenoxy) is 3. The van der Waals surface area contributed by atoms with Gasteiger partial charge in [-0.3, -0.25) is 0 Å². The molecule has 2 heterocycles. The molecule has 11 nitrogen and oxygen atoms in total. The lowest BCUT2D eigenvalue weighted by atomic mass is 9.97. The summed E-state index contributed by atoms with van der Waals surface area (Å²) in [6.45, 7) is -1.23. The maximum absolute atomic E-state index is 9.96. The van der Waals surface area contributed by atoms with E-state index in [2.05, 4.69) is 0 Å². The molecule has 0 spiro atoms. The summed E-state index contributed by atoms with van der Waals surface area (Å²) in [4.78, 5) is 0. The molecule has 0 radical (unpaired) electrons. The van der Waals surface area contributed by atoms with E-state index in [0.717, 1.165) is 0 Å². The Hall–Kier alpha value is -0.440. The number of nitrogens with two attached hydrogens (primary N) is 1. The minimum atomic E-state index is -1.68. The van der Waals surface area contributed by atoms with Gasteiger partial charge in [0.1, 0.15) is 42.7 Å². The quantitative estimate of drug-likeness (QED) is 0.243. The van der Waals surface area contributed by atoms with Gasteiger partial charge in [0.15, 0.2) is 12.6 Å². The fourth-order valence-electron chi connectivity index (χ4n) is 2.54. The molecule has 9 N–H and O–H groups in total. The molecule has 2 rings (SSSR count). The van der Waals surface area contributed by atoms with E-state index in [0.29, 0.717) is 0 Å². The monoisotopic (exact) mass is 341 g/mol. The van der Waals surface area contributed by atoms with Crippen molar-refractivity contribution in [3.63, 3.8) is 0 Å². The van der Waals surface area contributed by atoms with Crippen molar-refractivity contribution in [1.82, 2.24) is 0 Å². The Morgan fingerprint density at radius 3 is 1.70 bits per heavy atom. The molecule has 0 amide bonds. The Kier molecular flexibility index (Phi) is 6.27. The van der Waals surface area contributed by atoms with E-state index in [4.69, 9.17) is 30.2 Å². The second-order valence-electron chi connectivity index (χ2n) is 5.62. The maximum atomic E-state index is 9.96. The summed E-state index contributed by atoms with van der Waals surface area (Å²) in [5, 5.41) is 67.1. The van der Waals surface area contributed by atoms with Crippen LogP contribution in [0.15, 0.2) is 0 Å². The van der Waals surface area contributed by atoms with E-state index in [-0.39, 0.29) is 0 Å². The largest absolute Gasteiger partial charge is 0.394 e. The zero-order valence-corrected chi connectivity index (χ0v) is 12.1. The summed E-state index contributed by atoms with van der Waals surface area (Å²) in [5.74, 6) is 0. The predicted octanol–water partition coefficient (Wildman–Crippen LogP) is -5.43. The standard InChI is InChI=1S/C12H23NO10/c13-5-6(16)3(1-14)21-11(8(5)18)23-12-10(20)9(19)7(17)4(2-15)22-12/h3-12,14-20H,1-2,13H2/t3?,4?,5-,6+,7+,8?,9?,10+,11+,12+/m0/s1. The fourth-order valence-corrected chi connectivity index (χ4v) is 2.54. The van der Waals surface area contributed by atoms with Gasteiger partial charge in [0.25, 0.3) is 0 Å². The molecular weight excluding hydrogens is 318 g/mol. The fraction of sp³-hybridized carbons (Fsp3) is 1.00. The van der Waals surface area contributed by atoms with Crippen molar-refractivity contribution >= 4 is 0 Å². The molecule has 4 unspecified atom stereocenters. The molecule has 0 aromatic rings. The minimum Gasteiger partial charge on any atom is -0.394 e. The third kappa shape index (κ3) is 3.65. The smallest absolute Gasteiger partial charge is 0.189 e. The van der Waals surface area contributed by atoms with Crippen LogP contribution in [0.5, 0.6) is 0 Å². The minimum absolute atomic E-state index is 0.587. The predicted molar refractivity (Wildman–Crippen MR) is 70.6 cm³/mol. The van der Waals surface area contributed by atoms with E-state index >= 15 is 0 Å². The molecule has 0 bridgehead atoms. The van der Waals surface area contributed by atoms with Gasteiger partial charge in [0.05, 0.1) is 19.3 Å². The summed E-state index contributed by atoms with van der Waals surface area (Å²) < 4.78 is 15.5. The Morgan fingerprint density at radius 2 is 1.17 bits per heavy atom. The first-order valence-corrected chi connectivity index (χ1v) is 7.15. The molecular formula is C12H23NO10. The summed E-state index contributed by atoms with van der Waals surface area (Å²) in [6.07, 6.45) is -13.0. The molecule has 2 aliphatic heterocycles. The molecule has 23 heavy (non-hydrogen) atoms. The molecule has 0 saturated carbocycles. The van der Waals surface area contributed by atoms with Crippen molar-refractivity contribution in [1.29, 1.82) is 0 Å². The first kappa shape index (κ1) is 18.9. The lowest BCUT2D eigenvalue weighted by Crippen LogP contribution is -2.65. The number of aliphatic hydroxyl groups is 7. The highest BCUT2D eigenvalue weighted by molar-refractivity contribution is 4.93. The number of hydrogen-bond donors (Lipinski definition) is 8. The van der Waals surface area contributed by atoms with Crippen LogP contribution in [-0.4, -0.2) is 110 Å². The molecule has 2 fully saturated rings. The molecule has 0 aliphatic carbocycles. The number of aliphatic hydroxyl groups excluding tert-OH is 7. The topological polar surface area (TPSA) is 195 Å². The van der Waals surface area contributed by atoms with Gasteiger partial charge in [-0.25, -0.2) is 0 Å². The van der Waals surface area contributed by atoms with Crippen LogP contribution in [0.3, 0.4) is 0 Å². The number of rotatable bonds is 4. The lowest BCUT2D eigenvalue weighted by molar-refractivity contribution is -0.368. The molecule has 2 aliphatic rings. The van der Waals surface area contributed by atoms with Crippen molar-refractivity contribution in [2.45, 2.75) is 61.3 Å². The highest BCUT2D eigenvalue weighted by atomic mass is 16.8. The molecule has 136 valence electrons. The molecule has 2 saturated heterocycles. The van der Waals surface area contributed by atoms with Gasteiger partial charge >= 0.3 is 0 Å². The van der Waals surface area contributed by atoms with Crippen molar-refractivity contribution in [3.8, 4) is 0 Å². The first-order chi connectivity index (χ1) is 10.8. The van der Waals surface area contributed by atoms with Crippen LogP contribution in [0.25, 0.3) is 0 Å². The highest BCUT2D eigenvalue weighted by Crippen LogP contribution is 2.27. The first-order valence-electron chi connectivity index (χ1n) is 7.15. The van der Waals surface area contributed by atoms with Crippen LogP contribution in [0.2, 0.25) is 0 Å². The third-order valence-electron chi connectivity index (χ3n) is 4.05. The van der Waals surface area contributed by atoms with Crippen LogP contribution in [0.4, 0.5) is 0 Å². The van der Waals surface area contributed by atoms with Crippen LogP contribution in [0.1, 0.15) is 0 Å². The number of hydrogen-bond acceptors (Lipinski definition) is 11. The average Bonchev–Trinajstić information content (AvgIpc) is 2.55. The SMILES string of the molecule is N[C@@H]1C(O)[C@@H](O[C@H]2OC(CO)[C@@H](O)C(O)[C@H]2O)OC(CO)[C@H]1O. The van der Waals surface area contributed by atoms with Crippen LogP contribution >= 0.6 is 0 Å². The maximum Gasteiger partial charge on any atom is 0.189 e. The van der Waals surface area contributed by atoms with Gasteiger partial charge in [-0.2, -0.15) is 0 Å². The van der Waals surface area contributed by atoms with Crippen molar-refractivity contribution in [2.75, 3.05) is 13.2 Å². The third-order valence-corrected chi connectivity index (χ3v) is 4.05. The normalized spacial score (nSPS) is 51.7. The second kappa shape index (κ2) is 7.63. The van der Waals surface area contributed by atoms with E-state index in [1.807, 2.05) is 0 Å². The molecule has 0 aromatic carbocycles. The van der Waals surface area contributed by atoms with Crippen molar-refractivity contribution in [3.05, 3.63) is 0 Å². The second-order valence-corrected chi connectivity index (χ2v) is 5.62. The highest BCUT2D eigenvalue weighted by Gasteiger charge is 2.49. The summed E-state index contributed by atoms with van der Waals surface area (Å²) in [5.41, 5.74) is 5.62. The van der Waals surface area contributed by atoms with E-state index < -0.39 is 74.6 Å². The summed E-state index contributed by atoms with van der Waals surface area (Å²) in [7, 11) is 0. The Morgan fingerprint density at radius 1 is 0.696 bits per heavy atom. The average molecular weight is 341 g/mol. The molecule has 10 atom stereocenters. The van der Waals surface area contributed by atoms with Crippen LogP contribution in [-0.2, 0) is 14.2 Å². The van der Waals surface area contributed by atoms with Crippen molar-refractivity contribution in [2.24, 2.45) is 5.73 Å². The van der Waals surface area contributed by atoms with Gasteiger partial charge in [-0.15, -0.1) is 0 Å². The lowest BCUT2D eigenvalue weighted by Gasteiger charge is -2.44. The van der Waals surface area contributed by atoms with Gasteiger partial charge in [-0.05, 0) is 0 Å². The van der Waals surface area contributed by atoms with Crippen molar-refractivity contribution < 1.29 is 50.0 Å². The molecule has 0 aromatic heterocycles.